The summed E-state index contributed by atoms with van der Waals surface area (Å²) in [5, 5.41) is 18.1. The van der Waals surface area contributed by atoms with Crippen LogP contribution in [0.15, 0.2) is 0 Å². The molecule has 1 unspecified atom stereocenters. The van der Waals surface area contributed by atoms with Crippen LogP contribution >= 0.6 is 0 Å². The van der Waals surface area contributed by atoms with E-state index in [1.54, 1.807) is 0 Å². The van der Waals surface area contributed by atoms with E-state index >= 15 is 0 Å². The van der Waals surface area contributed by atoms with Crippen molar-refractivity contribution < 1.29 is 24.5 Å². The highest BCUT2D eigenvalue weighted by Crippen LogP contribution is 2.32. The van der Waals surface area contributed by atoms with Crippen LogP contribution in [0.3, 0.4) is 0 Å². The third kappa shape index (κ3) is 3.49. The Morgan fingerprint density at radius 2 is 1.80 bits per heavy atom. The molecule has 1 spiro atoms. The number of rotatable bonds is 0. The van der Waals surface area contributed by atoms with Gasteiger partial charge in [0.25, 0.3) is 0 Å². The Kier molecular flexibility index (Phi) is 4.05. The van der Waals surface area contributed by atoms with Crippen molar-refractivity contribution in [1.82, 2.24) is 5.32 Å². The second-order valence-corrected chi connectivity index (χ2v) is 3.67. The predicted octanol–water partition coefficient (Wildman–Crippen LogP) is -0.315. The first-order valence-electron chi connectivity index (χ1n) is 4.87. The predicted molar refractivity (Wildman–Crippen MR) is 50.7 cm³/mol. The van der Waals surface area contributed by atoms with E-state index in [9.17, 15) is 0 Å². The van der Waals surface area contributed by atoms with Gasteiger partial charge in [-0.05, 0) is 19.4 Å². The van der Waals surface area contributed by atoms with Gasteiger partial charge in [0.05, 0.1) is 12.2 Å². The quantitative estimate of drug-likeness (QED) is 0.481. The smallest absolute Gasteiger partial charge is 0.414 e. The molecule has 0 bridgehead atoms. The van der Waals surface area contributed by atoms with E-state index in [1.807, 2.05) is 0 Å². The standard InChI is InChI=1S/C7H13NO.C2H2O4/c1-2-7(3-5-9-7)6-8-4-1;3-1(4)2(5)6/h8H,1-6H2;(H,3,4)(H,5,6). The van der Waals surface area contributed by atoms with Crippen LogP contribution in [0.2, 0.25) is 0 Å². The molecule has 2 aliphatic rings. The zero-order chi connectivity index (χ0) is 11.3. The number of carbonyl (C=O) groups is 2. The molecule has 0 aliphatic carbocycles. The van der Waals surface area contributed by atoms with Gasteiger partial charge in [-0.25, -0.2) is 9.59 Å². The molecule has 6 nitrogen and oxygen atoms in total. The van der Waals surface area contributed by atoms with Gasteiger partial charge in [0, 0.05) is 13.0 Å². The van der Waals surface area contributed by atoms with Crippen LogP contribution in [0.1, 0.15) is 19.3 Å². The van der Waals surface area contributed by atoms with Crippen molar-refractivity contribution in [2.24, 2.45) is 0 Å². The Hall–Kier alpha value is -1.14. The minimum atomic E-state index is -1.82. The van der Waals surface area contributed by atoms with Gasteiger partial charge in [0.1, 0.15) is 0 Å². The van der Waals surface area contributed by atoms with Crippen LogP contribution in [0.25, 0.3) is 0 Å². The molecule has 0 aromatic carbocycles. The lowest BCUT2D eigenvalue weighted by atomic mass is 9.87. The number of hydrogen-bond acceptors (Lipinski definition) is 4. The molecule has 0 aromatic heterocycles. The lowest BCUT2D eigenvalue weighted by Gasteiger charge is -2.44. The van der Waals surface area contributed by atoms with E-state index in [1.165, 1.54) is 25.8 Å². The number of hydrogen-bond donors (Lipinski definition) is 3. The van der Waals surface area contributed by atoms with Crippen molar-refractivity contribution in [1.29, 1.82) is 0 Å². The summed E-state index contributed by atoms with van der Waals surface area (Å²) in [5.41, 5.74) is 0.290. The molecule has 2 fully saturated rings. The minimum absolute atomic E-state index is 0.290. The van der Waals surface area contributed by atoms with Crippen molar-refractivity contribution in [3.63, 3.8) is 0 Å². The molecule has 2 heterocycles. The Labute approximate surface area is 87.2 Å². The maximum atomic E-state index is 9.10. The summed E-state index contributed by atoms with van der Waals surface area (Å²) < 4.78 is 5.50. The molecule has 0 aromatic rings. The summed E-state index contributed by atoms with van der Waals surface area (Å²) in [6.07, 6.45) is 3.85. The largest absolute Gasteiger partial charge is 0.473 e. The highest BCUT2D eigenvalue weighted by molar-refractivity contribution is 6.27. The summed E-state index contributed by atoms with van der Waals surface area (Å²) in [4.78, 5) is 18.2. The molecular weight excluding hydrogens is 202 g/mol. The molecule has 3 N–H and O–H groups in total. The Bertz CT molecular complexity index is 229. The molecule has 0 amide bonds. The van der Waals surface area contributed by atoms with E-state index in [2.05, 4.69) is 5.32 Å². The molecule has 86 valence electrons. The number of piperidine rings is 1. The van der Waals surface area contributed by atoms with Crippen LogP contribution in [0.4, 0.5) is 0 Å². The number of carboxylic acid groups (broad SMARTS) is 2. The van der Waals surface area contributed by atoms with Crippen molar-refractivity contribution in [3.05, 3.63) is 0 Å². The summed E-state index contributed by atoms with van der Waals surface area (Å²) in [7, 11) is 0. The first kappa shape index (κ1) is 11.9. The van der Waals surface area contributed by atoms with Crippen LogP contribution in [0, 0.1) is 0 Å². The van der Waals surface area contributed by atoms with E-state index < -0.39 is 11.9 Å². The number of ether oxygens (including phenoxy) is 1. The lowest BCUT2D eigenvalue weighted by Crippen LogP contribution is -2.54. The van der Waals surface area contributed by atoms with Gasteiger partial charge in [-0.3, -0.25) is 0 Å². The molecule has 0 radical (unpaired) electrons. The van der Waals surface area contributed by atoms with Gasteiger partial charge in [-0.2, -0.15) is 0 Å². The lowest BCUT2D eigenvalue weighted by molar-refractivity contribution is -0.159. The summed E-state index contributed by atoms with van der Waals surface area (Å²) in [6, 6.07) is 0. The van der Waals surface area contributed by atoms with Crippen molar-refractivity contribution in [3.8, 4) is 0 Å². The molecule has 2 saturated heterocycles. The summed E-state index contributed by atoms with van der Waals surface area (Å²) in [5.74, 6) is -3.65. The van der Waals surface area contributed by atoms with Crippen molar-refractivity contribution in [2.45, 2.75) is 24.9 Å². The number of aliphatic carboxylic acids is 2. The molecule has 0 saturated carbocycles. The molecular formula is C9H15NO5. The Balaban J connectivity index is 0.000000167. The van der Waals surface area contributed by atoms with Crippen molar-refractivity contribution >= 4 is 11.9 Å². The minimum Gasteiger partial charge on any atom is -0.473 e. The third-order valence-electron chi connectivity index (χ3n) is 2.58. The Morgan fingerprint density at radius 3 is 2.00 bits per heavy atom. The SMILES string of the molecule is C1CNCC2(C1)CCO2.O=C(O)C(=O)O. The average Bonchev–Trinajstić information content (AvgIpc) is 2.17. The normalized spacial score (nSPS) is 28.5. The zero-order valence-corrected chi connectivity index (χ0v) is 8.36. The third-order valence-corrected chi connectivity index (χ3v) is 2.58. The van der Waals surface area contributed by atoms with E-state index in [0.717, 1.165) is 13.2 Å². The fourth-order valence-electron chi connectivity index (χ4n) is 1.67. The van der Waals surface area contributed by atoms with Gasteiger partial charge in [-0.15, -0.1) is 0 Å². The first-order valence-corrected chi connectivity index (χ1v) is 4.87. The van der Waals surface area contributed by atoms with Gasteiger partial charge in [0.15, 0.2) is 0 Å². The van der Waals surface area contributed by atoms with Crippen molar-refractivity contribution in [2.75, 3.05) is 19.7 Å². The maximum absolute atomic E-state index is 9.10. The average molecular weight is 217 g/mol. The monoisotopic (exact) mass is 217 g/mol. The number of nitrogens with one attached hydrogen (secondary N) is 1. The molecule has 1 atom stereocenters. The highest BCUT2D eigenvalue weighted by atomic mass is 16.5. The second-order valence-electron chi connectivity index (χ2n) is 3.67. The van der Waals surface area contributed by atoms with Crippen LogP contribution in [-0.4, -0.2) is 47.4 Å². The molecule has 2 rings (SSSR count). The van der Waals surface area contributed by atoms with Gasteiger partial charge < -0.3 is 20.3 Å². The van der Waals surface area contributed by atoms with E-state index in [0.29, 0.717) is 0 Å². The molecule has 15 heavy (non-hydrogen) atoms. The number of carboxylic acids is 2. The fraction of sp³-hybridized carbons (Fsp3) is 0.778. The van der Waals surface area contributed by atoms with Gasteiger partial charge in [-0.1, -0.05) is 0 Å². The van der Waals surface area contributed by atoms with Crippen LogP contribution in [0.5, 0.6) is 0 Å². The zero-order valence-electron chi connectivity index (χ0n) is 8.36. The van der Waals surface area contributed by atoms with Crippen LogP contribution < -0.4 is 5.32 Å². The van der Waals surface area contributed by atoms with Gasteiger partial charge in [0.2, 0.25) is 0 Å². The molecule has 6 heteroatoms. The first-order chi connectivity index (χ1) is 7.06. The fourth-order valence-corrected chi connectivity index (χ4v) is 1.67. The van der Waals surface area contributed by atoms with E-state index in [4.69, 9.17) is 24.5 Å². The molecule has 2 aliphatic heterocycles. The topological polar surface area (TPSA) is 95.9 Å². The summed E-state index contributed by atoms with van der Waals surface area (Å²) >= 11 is 0. The van der Waals surface area contributed by atoms with Gasteiger partial charge >= 0.3 is 11.9 Å². The second kappa shape index (κ2) is 5.09. The Morgan fingerprint density at radius 1 is 1.20 bits per heavy atom. The maximum Gasteiger partial charge on any atom is 0.414 e. The highest BCUT2D eigenvalue weighted by Gasteiger charge is 2.38. The van der Waals surface area contributed by atoms with E-state index in [-0.39, 0.29) is 5.60 Å². The summed E-state index contributed by atoms with van der Waals surface area (Å²) in [6.45, 7) is 3.26. The van der Waals surface area contributed by atoms with Crippen LogP contribution in [-0.2, 0) is 14.3 Å².